The van der Waals surface area contributed by atoms with Gasteiger partial charge >= 0.3 is 0 Å². The highest BCUT2D eigenvalue weighted by molar-refractivity contribution is 9.10. The summed E-state index contributed by atoms with van der Waals surface area (Å²) < 4.78 is 14.9. The summed E-state index contributed by atoms with van der Waals surface area (Å²) in [5, 5.41) is 3.74. The molecule has 0 spiro atoms. The van der Waals surface area contributed by atoms with E-state index in [1.165, 1.54) is 12.1 Å². The Morgan fingerprint density at radius 3 is 2.60 bits per heavy atom. The lowest BCUT2D eigenvalue weighted by Crippen LogP contribution is -2.10. The second-order valence-electron chi connectivity index (χ2n) is 4.40. The topological polar surface area (TPSA) is 12.0 Å². The molecule has 0 saturated carbocycles. The molecule has 0 bridgehead atoms. The maximum absolute atomic E-state index is 13.3. The van der Waals surface area contributed by atoms with Gasteiger partial charge in [0.15, 0.2) is 0 Å². The zero-order valence-electron chi connectivity index (χ0n) is 10.8. The van der Waals surface area contributed by atoms with E-state index in [0.717, 1.165) is 16.5 Å². The molecular weight excluding hydrogens is 408 g/mol. The normalized spacial score (nSPS) is 12.2. The Morgan fingerprint density at radius 1 is 1.25 bits per heavy atom. The van der Waals surface area contributed by atoms with Crippen LogP contribution in [0.25, 0.3) is 0 Å². The van der Waals surface area contributed by atoms with Gasteiger partial charge in [-0.2, -0.15) is 0 Å². The molecule has 0 fully saturated rings. The van der Waals surface area contributed by atoms with Crippen molar-refractivity contribution in [3.63, 3.8) is 0 Å². The summed E-state index contributed by atoms with van der Waals surface area (Å²) in [5.74, 6) is -0.358. The Bertz CT molecular complexity index is 596. The number of rotatable bonds is 4. The number of hydrogen-bond donors (Lipinski definition) is 1. The highest BCUT2D eigenvalue weighted by Crippen LogP contribution is 2.35. The first-order valence-electron chi connectivity index (χ1n) is 6.17. The molecule has 20 heavy (non-hydrogen) atoms. The van der Waals surface area contributed by atoms with Gasteiger partial charge in [-0.1, -0.05) is 46.6 Å². The van der Waals surface area contributed by atoms with Crippen LogP contribution in [0.3, 0.4) is 0 Å². The molecule has 0 aliphatic rings. The lowest BCUT2D eigenvalue weighted by molar-refractivity contribution is 0.627. The van der Waals surface area contributed by atoms with Crippen LogP contribution in [0.15, 0.2) is 45.3 Å². The van der Waals surface area contributed by atoms with E-state index in [1.807, 2.05) is 12.1 Å². The number of halogens is 4. The van der Waals surface area contributed by atoms with E-state index in [1.54, 1.807) is 0 Å². The van der Waals surface area contributed by atoms with E-state index >= 15 is 0 Å². The third-order valence-electron chi connectivity index (χ3n) is 2.98. The molecule has 0 amide bonds. The Hall–Kier alpha value is -0.580. The van der Waals surface area contributed by atoms with E-state index in [2.05, 4.69) is 56.2 Å². The van der Waals surface area contributed by atoms with Gasteiger partial charge in [0.1, 0.15) is 5.82 Å². The number of benzene rings is 2. The largest absolute Gasteiger partial charge is 0.376 e. The molecule has 106 valence electrons. The maximum Gasteiger partial charge on any atom is 0.125 e. The third kappa shape index (κ3) is 3.74. The molecule has 2 rings (SSSR count). The highest BCUT2D eigenvalue weighted by Gasteiger charge is 2.14. The summed E-state index contributed by atoms with van der Waals surface area (Å²) in [6, 6.07) is 10.9. The van der Waals surface area contributed by atoms with Crippen LogP contribution in [0.1, 0.15) is 24.9 Å². The minimum atomic E-state index is -0.358. The van der Waals surface area contributed by atoms with Crippen molar-refractivity contribution < 1.29 is 4.39 Å². The fourth-order valence-corrected chi connectivity index (χ4v) is 3.34. The molecule has 0 aromatic heterocycles. The van der Waals surface area contributed by atoms with Crippen molar-refractivity contribution in [2.75, 3.05) is 5.32 Å². The first-order chi connectivity index (χ1) is 9.51. The minimum absolute atomic E-state index is 0.103. The van der Waals surface area contributed by atoms with Crippen LogP contribution in [0.4, 0.5) is 10.1 Å². The lowest BCUT2D eigenvalue weighted by Gasteiger charge is -2.21. The monoisotopic (exact) mass is 419 g/mol. The molecular formula is C15H13Br2ClFN. The summed E-state index contributed by atoms with van der Waals surface area (Å²) in [5.41, 5.74) is 1.86. The van der Waals surface area contributed by atoms with Gasteiger partial charge in [-0.3, -0.25) is 0 Å². The van der Waals surface area contributed by atoms with Crippen LogP contribution in [-0.2, 0) is 0 Å². The predicted octanol–water partition coefficient (Wildman–Crippen LogP) is 6.57. The quantitative estimate of drug-likeness (QED) is 0.589. The minimum Gasteiger partial charge on any atom is -0.376 e. The zero-order chi connectivity index (χ0) is 14.7. The standard InChI is InChI=1S/C15H13Br2ClFN/c1-2-14(9-4-3-5-10(16)6-9)20-15-12(17)7-11(19)8-13(15)18/h3-8,14,20H,2H2,1H3. The molecule has 0 heterocycles. The van der Waals surface area contributed by atoms with E-state index in [0.29, 0.717) is 15.2 Å². The van der Waals surface area contributed by atoms with Crippen molar-refractivity contribution in [3.05, 3.63) is 61.7 Å². The van der Waals surface area contributed by atoms with Gasteiger partial charge in [0.05, 0.1) is 16.8 Å². The van der Waals surface area contributed by atoms with Crippen molar-refractivity contribution in [3.8, 4) is 0 Å². The van der Waals surface area contributed by atoms with Crippen LogP contribution in [0, 0.1) is 5.82 Å². The van der Waals surface area contributed by atoms with Gasteiger partial charge in [-0.25, -0.2) is 4.39 Å². The van der Waals surface area contributed by atoms with Crippen LogP contribution in [0.2, 0.25) is 5.02 Å². The van der Waals surface area contributed by atoms with E-state index in [4.69, 9.17) is 11.6 Å². The van der Waals surface area contributed by atoms with Gasteiger partial charge in [-0.05, 0) is 52.2 Å². The molecule has 0 aliphatic heterocycles. The molecule has 0 radical (unpaired) electrons. The number of nitrogens with one attached hydrogen (secondary N) is 1. The first kappa shape index (κ1) is 15.8. The van der Waals surface area contributed by atoms with E-state index in [-0.39, 0.29) is 11.9 Å². The van der Waals surface area contributed by atoms with Crippen LogP contribution >= 0.6 is 43.5 Å². The summed E-state index contributed by atoms with van der Waals surface area (Å²) in [6.45, 7) is 2.09. The van der Waals surface area contributed by atoms with Crippen molar-refractivity contribution in [2.24, 2.45) is 0 Å². The molecule has 1 atom stereocenters. The maximum atomic E-state index is 13.3. The average molecular weight is 422 g/mol. The highest BCUT2D eigenvalue weighted by atomic mass is 79.9. The SMILES string of the molecule is CCC(Nc1c(Cl)cc(F)cc1Br)c1cccc(Br)c1. The van der Waals surface area contributed by atoms with Gasteiger partial charge in [-0.15, -0.1) is 0 Å². The number of anilines is 1. The Morgan fingerprint density at radius 2 is 2.00 bits per heavy atom. The molecule has 0 saturated heterocycles. The first-order valence-corrected chi connectivity index (χ1v) is 8.14. The molecule has 1 N–H and O–H groups in total. The Labute approximate surface area is 139 Å². The predicted molar refractivity (Wildman–Crippen MR) is 89.9 cm³/mol. The molecule has 1 nitrogen and oxygen atoms in total. The van der Waals surface area contributed by atoms with Crippen molar-refractivity contribution in [1.29, 1.82) is 0 Å². The molecule has 0 aliphatic carbocycles. The van der Waals surface area contributed by atoms with Gasteiger partial charge < -0.3 is 5.32 Å². The second kappa shape index (κ2) is 6.92. The third-order valence-corrected chi connectivity index (χ3v) is 4.40. The van der Waals surface area contributed by atoms with Crippen molar-refractivity contribution in [1.82, 2.24) is 0 Å². The Kier molecular flexibility index (Phi) is 5.47. The summed E-state index contributed by atoms with van der Waals surface area (Å²) in [7, 11) is 0. The fraction of sp³-hybridized carbons (Fsp3) is 0.200. The van der Waals surface area contributed by atoms with E-state index < -0.39 is 0 Å². The van der Waals surface area contributed by atoms with Gasteiger partial charge in [0.25, 0.3) is 0 Å². The average Bonchev–Trinajstić information content (AvgIpc) is 2.38. The zero-order valence-corrected chi connectivity index (χ0v) is 14.7. The molecule has 2 aromatic carbocycles. The van der Waals surface area contributed by atoms with Gasteiger partial charge in [0.2, 0.25) is 0 Å². The van der Waals surface area contributed by atoms with Gasteiger partial charge in [0, 0.05) is 8.95 Å². The molecule has 1 unspecified atom stereocenters. The summed E-state index contributed by atoms with van der Waals surface area (Å²) >= 11 is 12.9. The van der Waals surface area contributed by atoms with Crippen LogP contribution in [-0.4, -0.2) is 0 Å². The van der Waals surface area contributed by atoms with Crippen molar-refractivity contribution >= 4 is 49.1 Å². The second-order valence-corrected chi connectivity index (χ2v) is 6.58. The summed E-state index contributed by atoms with van der Waals surface area (Å²) in [6.07, 6.45) is 0.886. The fourth-order valence-electron chi connectivity index (χ4n) is 2.00. The number of hydrogen-bond acceptors (Lipinski definition) is 1. The van der Waals surface area contributed by atoms with Crippen LogP contribution in [0.5, 0.6) is 0 Å². The Balaban J connectivity index is 2.32. The summed E-state index contributed by atoms with van der Waals surface area (Å²) in [4.78, 5) is 0. The molecule has 2 aromatic rings. The smallest absolute Gasteiger partial charge is 0.125 e. The lowest BCUT2D eigenvalue weighted by atomic mass is 10.0. The van der Waals surface area contributed by atoms with E-state index in [9.17, 15) is 4.39 Å². The van der Waals surface area contributed by atoms with Crippen LogP contribution < -0.4 is 5.32 Å². The van der Waals surface area contributed by atoms with Crippen molar-refractivity contribution in [2.45, 2.75) is 19.4 Å². The molecule has 5 heteroatoms.